The molecule has 0 amide bonds. The van der Waals surface area contributed by atoms with Gasteiger partial charge >= 0.3 is 0 Å². The van der Waals surface area contributed by atoms with Crippen molar-refractivity contribution in [2.75, 3.05) is 13.1 Å². The van der Waals surface area contributed by atoms with Crippen LogP contribution in [-0.4, -0.2) is 25.3 Å². The molecule has 4 nitrogen and oxygen atoms in total. The number of hydrogen-bond donors (Lipinski definition) is 1. The molecule has 1 aliphatic heterocycles. The van der Waals surface area contributed by atoms with E-state index < -0.39 is 12.2 Å². The van der Waals surface area contributed by atoms with Crippen molar-refractivity contribution in [2.24, 2.45) is 5.11 Å². The van der Waals surface area contributed by atoms with Gasteiger partial charge in [0.1, 0.15) is 6.17 Å². The molecule has 0 aromatic rings. The van der Waals surface area contributed by atoms with Crippen LogP contribution in [0.1, 0.15) is 0 Å². The Hall–Kier alpha value is -0.800. The molecule has 0 aromatic heterocycles. The first kappa shape index (κ1) is 6.32. The molecule has 1 heterocycles. The Labute approximate surface area is 51.7 Å². The van der Waals surface area contributed by atoms with Gasteiger partial charge in [-0.2, -0.15) is 0 Å². The van der Waals surface area contributed by atoms with Crippen molar-refractivity contribution >= 4 is 0 Å². The third-order valence-electron chi connectivity index (χ3n) is 1.31. The van der Waals surface area contributed by atoms with Crippen LogP contribution in [0, 0.1) is 0 Å². The van der Waals surface area contributed by atoms with E-state index in [4.69, 9.17) is 5.53 Å². The van der Waals surface area contributed by atoms with Crippen molar-refractivity contribution in [1.29, 1.82) is 0 Å². The zero-order valence-electron chi connectivity index (χ0n) is 4.79. The third-order valence-corrected chi connectivity index (χ3v) is 1.31. The minimum atomic E-state index is -0.999. The van der Waals surface area contributed by atoms with Gasteiger partial charge in [-0.3, -0.25) is 0 Å². The summed E-state index contributed by atoms with van der Waals surface area (Å²) in [6, 6.07) is -0.491. The van der Waals surface area contributed by atoms with E-state index in [1.54, 1.807) is 0 Å². The molecule has 9 heavy (non-hydrogen) atoms. The van der Waals surface area contributed by atoms with Crippen LogP contribution >= 0.6 is 0 Å². The van der Waals surface area contributed by atoms with Crippen LogP contribution in [0.15, 0.2) is 5.11 Å². The number of azide groups is 1. The van der Waals surface area contributed by atoms with Crippen molar-refractivity contribution in [3.63, 3.8) is 0 Å². The van der Waals surface area contributed by atoms with E-state index in [0.717, 1.165) is 0 Å². The maximum absolute atomic E-state index is 12.4. The van der Waals surface area contributed by atoms with E-state index in [2.05, 4.69) is 15.3 Å². The van der Waals surface area contributed by atoms with E-state index in [-0.39, 0.29) is 0 Å². The molecule has 1 N–H and O–H groups in total. The summed E-state index contributed by atoms with van der Waals surface area (Å²) in [6.07, 6.45) is -0.999. The summed E-state index contributed by atoms with van der Waals surface area (Å²) in [6.45, 7) is 0.773. The van der Waals surface area contributed by atoms with E-state index >= 15 is 0 Å². The molecule has 0 aliphatic carbocycles. The fourth-order valence-corrected chi connectivity index (χ4v) is 0.813. The first-order chi connectivity index (χ1) is 4.34. The fraction of sp³-hybridized carbons (Fsp3) is 1.00. The summed E-state index contributed by atoms with van der Waals surface area (Å²) >= 11 is 0. The highest BCUT2D eigenvalue weighted by atomic mass is 19.1. The van der Waals surface area contributed by atoms with Gasteiger partial charge < -0.3 is 5.32 Å². The van der Waals surface area contributed by atoms with Crippen LogP contribution in [0.25, 0.3) is 10.4 Å². The Balaban J connectivity index is 2.49. The lowest BCUT2D eigenvalue weighted by Crippen LogP contribution is -2.15. The van der Waals surface area contributed by atoms with Gasteiger partial charge in [0.05, 0.1) is 6.04 Å². The van der Waals surface area contributed by atoms with Crippen LogP contribution in [0.4, 0.5) is 4.39 Å². The Morgan fingerprint density at radius 1 is 1.67 bits per heavy atom. The van der Waals surface area contributed by atoms with Crippen molar-refractivity contribution in [3.05, 3.63) is 10.4 Å². The highest BCUT2D eigenvalue weighted by Gasteiger charge is 2.24. The molecule has 50 valence electrons. The van der Waals surface area contributed by atoms with Crippen LogP contribution in [0.3, 0.4) is 0 Å². The van der Waals surface area contributed by atoms with Gasteiger partial charge in [0.25, 0.3) is 0 Å². The number of hydrogen-bond acceptors (Lipinski definition) is 2. The zero-order valence-corrected chi connectivity index (χ0v) is 4.79. The topological polar surface area (TPSA) is 60.8 Å². The molecule has 5 heteroatoms. The van der Waals surface area contributed by atoms with Crippen molar-refractivity contribution in [1.82, 2.24) is 5.32 Å². The molecule has 1 fully saturated rings. The number of rotatable bonds is 1. The molecule has 2 atom stereocenters. The van der Waals surface area contributed by atoms with Gasteiger partial charge in [-0.25, -0.2) is 4.39 Å². The minimum Gasteiger partial charge on any atom is -0.313 e. The van der Waals surface area contributed by atoms with Gasteiger partial charge in [0, 0.05) is 18.0 Å². The summed E-state index contributed by atoms with van der Waals surface area (Å²) in [7, 11) is 0. The molecule has 0 bridgehead atoms. The maximum atomic E-state index is 12.4. The predicted molar refractivity (Wildman–Crippen MR) is 30.7 cm³/mol. The smallest absolute Gasteiger partial charge is 0.122 e. The molecular weight excluding hydrogens is 123 g/mol. The summed E-state index contributed by atoms with van der Waals surface area (Å²) < 4.78 is 12.4. The molecule has 0 saturated carbocycles. The lowest BCUT2D eigenvalue weighted by atomic mass is 10.2. The van der Waals surface area contributed by atoms with E-state index in [0.29, 0.717) is 13.1 Å². The van der Waals surface area contributed by atoms with E-state index in [9.17, 15) is 4.39 Å². The normalized spacial score (nSPS) is 33.9. The average molecular weight is 130 g/mol. The molecule has 0 aromatic carbocycles. The fourth-order valence-electron chi connectivity index (χ4n) is 0.813. The summed E-state index contributed by atoms with van der Waals surface area (Å²) in [5.41, 5.74) is 7.91. The van der Waals surface area contributed by atoms with E-state index in [1.165, 1.54) is 0 Å². The molecule has 1 rings (SSSR count). The Morgan fingerprint density at radius 2 is 2.44 bits per heavy atom. The SMILES string of the molecule is [N-]=[N+]=NC1CNC[C@H]1F. The minimum absolute atomic E-state index is 0.309. The number of halogens is 1. The number of nitrogens with one attached hydrogen (secondary N) is 1. The second-order valence-corrected chi connectivity index (χ2v) is 1.95. The van der Waals surface area contributed by atoms with Gasteiger partial charge in [0.2, 0.25) is 0 Å². The average Bonchev–Trinajstić information content (AvgIpc) is 2.18. The largest absolute Gasteiger partial charge is 0.313 e. The third kappa shape index (κ3) is 1.31. The second-order valence-electron chi connectivity index (χ2n) is 1.95. The second kappa shape index (κ2) is 2.66. The molecule has 1 unspecified atom stereocenters. The zero-order chi connectivity index (χ0) is 6.69. The monoisotopic (exact) mass is 130 g/mol. The molecule has 0 spiro atoms. The quantitative estimate of drug-likeness (QED) is 0.315. The van der Waals surface area contributed by atoms with Crippen molar-refractivity contribution < 1.29 is 4.39 Å². The molecule has 0 radical (unpaired) electrons. The lowest BCUT2D eigenvalue weighted by molar-refractivity contribution is 0.332. The Kier molecular flexibility index (Phi) is 1.87. The summed E-state index contributed by atoms with van der Waals surface area (Å²) in [5.74, 6) is 0. The summed E-state index contributed by atoms with van der Waals surface area (Å²) in [5, 5.41) is 6.01. The van der Waals surface area contributed by atoms with Crippen LogP contribution in [-0.2, 0) is 0 Å². The first-order valence-corrected chi connectivity index (χ1v) is 2.73. The van der Waals surface area contributed by atoms with Gasteiger partial charge in [-0.1, -0.05) is 5.11 Å². The van der Waals surface area contributed by atoms with Gasteiger partial charge in [-0.05, 0) is 5.53 Å². The highest BCUT2D eigenvalue weighted by molar-refractivity contribution is 4.86. The predicted octanol–water partition coefficient (Wildman–Crippen LogP) is 0.607. The van der Waals surface area contributed by atoms with Crippen LogP contribution in [0.5, 0.6) is 0 Å². The van der Waals surface area contributed by atoms with Crippen molar-refractivity contribution in [2.45, 2.75) is 12.2 Å². The molecule has 1 aliphatic rings. The Morgan fingerprint density at radius 3 is 2.89 bits per heavy atom. The first-order valence-electron chi connectivity index (χ1n) is 2.73. The van der Waals surface area contributed by atoms with Crippen LogP contribution < -0.4 is 5.32 Å². The van der Waals surface area contributed by atoms with Crippen LogP contribution in [0.2, 0.25) is 0 Å². The van der Waals surface area contributed by atoms with Gasteiger partial charge in [0.15, 0.2) is 0 Å². The van der Waals surface area contributed by atoms with E-state index in [1.807, 2.05) is 0 Å². The molecular formula is C4H7FN4. The number of alkyl halides is 1. The standard InChI is InChI=1S/C4H7FN4/c5-3-1-7-2-4(3)8-9-6/h3-4,7H,1-2H2/t3-,4?/m1/s1. The van der Waals surface area contributed by atoms with Crippen molar-refractivity contribution in [3.8, 4) is 0 Å². The highest BCUT2D eigenvalue weighted by Crippen LogP contribution is 2.07. The van der Waals surface area contributed by atoms with Gasteiger partial charge in [-0.15, -0.1) is 0 Å². The number of nitrogens with zero attached hydrogens (tertiary/aromatic N) is 3. The Bertz CT molecular complexity index is 142. The maximum Gasteiger partial charge on any atom is 0.122 e. The summed E-state index contributed by atoms with van der Waals surface area (Å²) in [4.78, 5) is 2.51. The molecule has 1 saturated heterocycles. The lowest BCUT2D eigenvalue weighted by Gasteiger charge is -1.99.